The predicted molar refractivity (Wildman–Crippen MR) is 117 cm³/mol. The van der Waals surface area contributed by atoms with Gasteiger partial charge in [-0.05, 0) is 37.0 Å². The lowest BCUT2D eigenvalue weighted by Gasteiger charge is -2.16. The molecule has 26 heavy (non-hydrogen) atoms. The Kier molecular flexibility index (Phi) is 9.70. The van der Waals surface area contributed by atoms with Crippen molar-refractivity contribution >= 4 is 39.8 Å². The number of halogens is 1. The van der Waals surface area contributed by atoms with Crippen LogP contribution in [0.15, 0.2) is 29.3 Å². The van der Waals surface area contributed by atoms with E-state index >= 15 is 0 Å². The van der Waals surface area contributed by atoms with Crippen LogP contribution in [0.25, 0.3) is 0 Å². The molecule has 1 heterocycles. The standard InChI is InChI=1S/C18H29N3O3S.HI/c1-4-19-18(21-16-8-9-25(22,23)13-16)20-11-15-6-5-7-17(10-15)24-12-14(2)3;/h5-7,10,14,16H,4,8-9,11-13H2,1-3H3,(H2,19,20,21);1H. The third-order valence-electron chi connectivity index (χ3n) is 3.82. The smallest absolute Gasteiger partial charge is 0.191 e. The van der Waals surface area contributed by atoms with Gasteiger partial charge in [0.25, 0.3) is 0 Å². The molecule has 2 rings (SSSR count). The lowest BCUT2D eigenvalue weighted by atomic mass is 10.2. The van der Waals surface area contributed by atoms with Crippen LogP contribution in [0.4, 0.5) is 0 Å². The first-order chi connectivity index (χ1) is 11.9. The van der Waals surface area contributed by atoms with E-state index in [-0.39, 0.29) is 41.5 Å². The molecule has 0 aromatic heterocycles. The van der Waals surface area contributed by atoms with E-state index in [9.17, 15) is 8.42 Å². The maximum Gasteiger partial charge on any atom is 0.191 e. The van der Waals surface area contributed by atoms with Crippen molar-refractivity contribution in [2.24, 2.45) is 10.9 Å². The summed E-state index contributed by atoms with van der Waals surface area (Å²) < 4.78 is 28.9. The van der Waals surface area contributed by atoms with Crippen molar-refractivity contribution in [3.05, 3.63) is 29.8 Å². The number of hydrogen-bond acceptors (Lipinski definition) is 4. The third-order valence-corrected chi connectivity index (χ3v) is 5.59. The van der Waals surface area contributed by atoms with E-state index in [1.165, 1.54) is 0 Å². The first kappa shape index (κ1) is 23.0. The number of hydrogen-bond donors (Lipinski definition) is 2. The second kappa shape index (κ2) is 11.0. The molecule has 148 valence electrons. The Balaban J connectivity index is 0.00000338. The number of nitrogens with zero attached hydrogens (tertiary/aromatic N) is 1. The van der Waals surface area contributed by atoms with Gasteiger partial charge in [0.1, 0.15) is 5.75 Å². The molecular weight excluding hydrogens is 465 g/mol. The highest BCUT2D eigenvalue weighted by molar-refractivity contribution is 14.0. The van der Waals surface area contributed by atoms with E-state index in [2.05, 4.69) is 29.5 Å². The topological polar surface area (TPSA) is 79.8 Å². The maximum absolute atomic E-state index is 11.6. The number of aliphatic imine (C=N–C) groups is 1. The van der Waals surface area contributed by atoms with Gasteiger partial charge in [0.15, 0.2) is 15.8 Å². The fourth-order valence-corrected chi connectivity index (χ4v) is 4.26. The van der Waals surface area contributed by atoms with E-state index < -0.39 is 9.84 Å². The lowest BCUT2D eigenvalue weighted by Crippen LogP contribution is -2.44. The highest BCUT2D eigenvalue weighted by Crippen LogP contribution is 2.15. The Morgan fingerprint density at radius 3 is 2.77 bits per heavy atom. The molecule has 1 unspecified atom stereocenters. The first-order valence-corrected chi connectivity index (χ1v) is 10.7. The van der Waals surface area contributed by atoms with Gasteiger partial charge in [-0.15, -0.1) is 24.0 Å². The number of guanidine groups is 1. The van der Waals surface area contributed by atoms with Crippen LogP contribution in [0.3, 0.4) is 0 Å². The zero-order chi connectivity index (χ0) is 18.3. The zero-order valence-electron chi connectivity index (χ0n) is 15.7. The Hall–Kier alpha value is -1.03. The largest absolute Gasteiger partial charge is 0.493 e. The average molecular weight is 495 g/mol. The summed E-state index contributed by atoms with van der Waals surface area (Å²) in [6.45, 7) is 8.14. The van der Waals surface area contributed by atoms with Gasteiger partial charge in [-0.3, -0.25) is 0 Å². The molecule has 1 fully saturated rings. The van der Waals surface area contributed by atoms with E-state index in [0.717, 1.165) is 17.9 Å². The lowest BCUT2D eigenvalue weighted by molar-refractivity contribution is 0.271. The third kappa shape index (κ3) is 8.11. The monoisotopic (exact) mass is 495 g/mol. The van der Waals surface area contributed by atoms with Crippen molar-refractivity contribution in [1.29, 1.82) is 0 Å². The van der Waals surface area contributed by atoms with Crippen molar-refractivity contribution in [3.63, 3.8) is 0 Å². The molecule has 0 bridgehead atoms. The van der Waals surface area contributed by atoms with Crippen LogP contribution in [0.2, 0.25) is 0 Å². The molecule has 2 N–H and O–H groups in total. The van der Waals surface area contributed by atoms with Gasteiger partial charge >= 0.3 is 0 Å². The van der Waals surface area contributed by atoms with Crippen LogP contribution in [-0.4, -0.2) is 45.1 Å². The van der Waals surface area contributed by atoms with Gasteiger partial charge in [-0.2, -0.15) is 0 Å². The van der Waals surface area contributed by atoms with E-state index in [4.69, 9.17) is 4.74 Å². The molecule has 1 aromatic rings. The molecule has 0 spiro atoms. The Morgan fingerprint density at radius 1 is 1.38 bits per heavy atom. The molecule has 1 aromatic carbocycles. The quantitative estimate of drug-likeness (QED) is 0.346. The van der Waals surface area contributed by atoms with Crippen LogP contribution in [-0.2, 0) is 16.4 Å². The summed E-state index contributed by atoms with van der Waals surface area (Å²) >= 11 is 0. The molecule has 6 nitrogen and oxygen atoms in total. The molecule has 1 atom stereocenters. The fraction of sp³-hybridized carbons (Fsp3) is 0.611. The van der Waals surface area contributed by atoms with E-state index in [0.29, 0.717) is 31.4 Å². The fourth-order valence-electron chi connectivity index (χ4n) is 2.59. The second-order valence-electron chi connectivity index (χ2n) is 6.79. The number of benzene rings is 1. The van der Waals surface area contributed by atoms with E-state index in [1.54, 1.807) is 0 Å². The van der Waals surface area contributed by atoms with Gasteiger partial charge < -0.3 is 15.4 Å². The molecule has 1 aliphatic rings. The number of nitrogens with one attached hydrogen (secondary N) is 2. The van der Waals surface area contributed by atoms with Gasteiger partial charge in [0.2, 0.25) is 0 Å². The van der Waals surface area contributed by atoms with Crippen molar-refractivity contribution in [2.75, 3.05) is 24.7 Å². The Morgan fingerprint density at radius 2 is 2.15 bits per heavy atom. The normalized spacial score (nSPS) is 19.1. The van der Waals surface area contributed by atoms with Gasteiger partial charge in [-0.25, -0.2) is 13.4 Å². The summed E-state index contributed by atoms with van der Waals surface area (Å²) in [4.78, 5) is 4.58. The van der Waals surface area contributed by atoms with Gasteiger partial charge in [0.05, 0.1) is 24.7 Å². The average Bonchev–Trinajstić information content (AvgIpc) is 2.90. The van der Waals surface area contributed by atoms with Crippen LogP contribution < -0.4 is 15.4 Å². The summed E-state index contributed by atoms with van der Waals surface area (Å²) in [7, 11) is -2.90. The van der Waals surface area contributed by atoms with Crippen LogP contribution in [0.5, 0.6) is 5.75 Å². The summed E-state index contributed by atoms with van der Waals surface area (Å²) in [6.07, 6.45) is 0.630. The molecule has 0 radical (unpaired) electrons. The van der Waals surface area contributed by atoms with Crippen LogP contribution in [0, 0.1) is 5.92 Å². The summed E-state index contributed by atoms with van der Waals surface area (Å²) in [5.41, 5.74) is 1.05. The van der Waals surface area contributed by atoms with Crippen LogP contribution >= 0.6 is 24.0 Å². The SMILES string of the molecule is CCNC(=NCc1cccc(OCC(C)C)c1)NC1CCS(=O)(=O)C1.I. The minimum Gasteiger partial charge on any atom is -0.493 e. The highest BCUT2D eigenvalue weighted by Gasteiger charge is 2.28. The molecule has 0 aliphatic carbocycles. The van der Waals surface area contributed by atoms with E-state index in [1.807, 2.05) is 31.2 Å². The molecule has 0 amide bonds. The van der Waals surface area contributed by atoms with Crippen LogP contribution in [0.1, 0.15) is 32.8 Å². The summed E-state index contributed by atoms with van der Waals surface area (Å²) in [6, 6.07) is 7.85. The van der Waals surface area contributed by atoms with Crippen molar-refractivity contribution < 1.29 is 13.2 Å². The second-order valence-corrected chi connectivity index (χ2v) is 9.02. The number of sulfone groups is 1. The molecule has 1 saturated heterocycles. The van der Waals surface area contributed by atoms with Crippen molar-refractivity contribution in [3.8, 4) is 5.75 Å². The Bertz CT molecular complexity index is 693. The highest BCUT2D eigenvalue weighted by atomic mass is 127. The molecule has 8 heteroatoms. The molecule has 1 aliphatic heterocycles. The predicted octanol–water partition coefficient (Wildman–Crippen LogP) is 2.58. The zero-order valence-corrected chi connectivity index (χ0v) is 18.8. The molecule has 0 saturated carbocycles. The van der Waals surface area contributed by atoms with Crippen molar-refractivity contribution in [1.82, 2.24) is 10.6 Å². The van der Waals surface area contributed by atoms with Gasteiger partial charge in [0, 0.05) is 12.6 Å². The number of ether oxygens (including phenoxy) is 1. The number of rotatable bonds is 7. The van der Waals surface area contributed by atoms with Crippen molar-refractivity contribution in [2.45, 2.75) is 39.8 Å². The molecular formula is C18H30IN3O3S. The summed E-state index contributed by atoms with van der Waals surface area (Å²) in [5.74, 6) is 2.41. The minimum atomic E-state index is -2.90. The first-order valence-electron chi connectivity index (χ1n) is 8.85. The Labute approximate surface area is 174 Å². The van der Waals surface area contributed by atoms with Gasteiger partial charge in [-0.1, -0.05) is 26.0 Å². The summed E-state index contributed by atoms with van der Waals surface area (Å²) in [5, 5.41) is 6.40. The maximum atomic E-state index is 11.6. The minimum absolute atomic E-state index is 0.